The average molecular weight is 288 g/mol. The van der Waals surface area contributed by atoms with E-state index in [1.54, 1.807) is 19.2 Å². The number of benzene rings is 1. The van der Waals surface area contributed by atoms with Crippen LogP contribution in [0.1, 0.15) is 18.5 Å². The van der Waals surface area contributed by atoms with Gasteiger partial charge in [0.05, 0.1) is 5.52 Å². The molecule has 1 aliphatic rings. The Labute approximate surface area is 124 Å². The number of nitrogens with zero attached hydrogens (tertiary/aromatic N) is 2. The first kappa shape index (κ1) is 14.3. The van der Waals surface area contributed by atoms with E-state index >= 15 is 0 Å². The number of fused-ring (bicyclic) bond motifs is 1. The maximum Gasteiger partial charge on any atom is 0.124 e. The summed E-state index contributed by atoms with van der Waals surface area (Å²) < 4.78 is 18.8. The van der Waals surface area contributed by atoms with Gasteiger partial charge < -0.3 is 9.64 Å². The molecule has 0 spiro atoms. The minimum Gasteiger partial charge on any atom is -0.384 e. The third-order valence-corrected chi connectivity index (χ3v) is 4.23. The molecular formula is C17H21FN2O. The molecule has 1 aromatic carbocycles. The molecule has 0 atom stereocenters. The molecule has 3 nitrogen and oxygen atoms in total. The van der Waals surface area contributed by atoms with Crippen molar-refractivity contribution in [1.29, 1.82) is 0 Å². The number of piperidine rings is 1. The number of rotatable bonds is 3. The molecule has 4 heteroatoms. The summed E-state index contributed by atoms with van der Waals surface area (Å²) in [5.41, 5.74) is 2.95. The maximum absolute atomic E-state index is 13.6. The molecule has 0 saturated carbocycles. The average Bonchev–Trinajstić information content (AvgIpc) is 2.48. The molecule has 1 saturated heterocycles. The molecule has 0 N–H and O–H groups in total. The number of hydrogen-bond donors (Lipinski definition) is 0. The van der Waals surface area contributed by atoms with E-state index in [1.165, 1.54) is 6.07 Å². The van der Waals surface area contributed by atoms with Gasteiger partial charge >= 0.3 is 0 Å². The van der Waals surface area contributed by atoms with Crippen LogP contribution < -0.4 is 4.90 Å². The van der Waals surface area contributed by atoms with Crippen LogP contribution in [-0.4, -0.2) is 31.8 Å². The van der Waals surface area contributed by atoms with Gasteiger partial charge in [0.25, 0.3) is 0 Å². The number of anilines is 1. The fraction of sp³-hybridized carbons (Fsp3) is 0.471. The predicted octanol–water partition coefficient (Wildman–Crippen LogP) is 3.55. The Hall–Kier alpha value is -1.68. The maximum atomic E-state index is 13.6. The smallest absolute Gasteiger partial charge is 0.124 e. The van der Waals surface area contributed by atoms with Crippen LogP contribution >= 0.6 is 0 Å². The van der Waals surface area contributed by atoms with Crippen LogP contribution in [-0.2, 0) is 4.74 Å². The Balaban J connectivity index is 1.91. The second-order valence-corrected chi connectivity index (χ2v) is 5.83. The first-order valence-electron chi connectivity index (χ1n) is 7.48. The van der Waals surface area contributed by atoms with Crippen molar-refractivity contribution in [3.63, 3.8) is 0 Å². The van der Waals surface area contributed by atoms with Crippen molar-refractivity contribution in [2.45, 2.75) is 19.8 Å². The van der Waals surface area contributed by atoms with Gasteiger partial charge in [-0.3, -0.25) is 4.98 Å². The highest BCUT2D eigenvalue weighted by atomic mass is 19.1. The lowest BCUT2D eigenvalue weighted by molar-refractivity contribution is 0.139. The van der Waals surface area contributed by atoms with E-state index in [1.807, 2.05) is 6.92 Å². The van der Waals surface area contributed by atoms with Gasteiger partial charge in [0.2, 0.25) is 0 Å². The van der Waals surface area contributed by atoms with E-state index in [2.05, 4.69) is 16.0 Å². The summed E-state index contributed by atoms with van der Waals surface area (Å²) in [5, 5.41) is 0.908. The van der Waals surface area contributed by atoms with Gasteiger partial charge in [-0.2, -0.15) is 0 Å². The topological polar surface area (TPSA) is 25.4 Å². The normalized spacial score (nSPS) is 16.6. The minimum absolute atomic E-state index is 0.205. The summed E-state index contributed by atoms with van der Waals surface area (Å²) >= 11 is 0. The summed E-state index contributed by atoms with van der Waals surface area (Å²) in [7, 11) is 1.76. The molecule has 21 heavy (non-hydrogen) atoms. The quantitative estimate of drug-likeness (QED) is 0.863. The van der Waals surface area contributed by atoms with E-state index in [0.717, 1.165) is 54.8 Å². The number of pyridine rings is 1. The van der Waals surface area contributed by atoms with Gasteiger partial charge in [-0.15, -0.1) is 0 Å². The molecule has 0 amide bonds. The highest BCUT2D eigenvalue weighted by Crippen LogP contribution is 2.30. The highest BCUT2D eigenvalue weighted by Gasteiger charge is 2.21. The number of methoxy groups -OCH3 is 1. The molecule has 0 radical (unpaired) electrons. The number of halogens is 1. The largest absolute Gasteiger partial charge is 0.384 e. The molecule has 2 aromatic rings. The lowest BCUT2D eigenvalue weighted by atomic mass is 9.97. The lowest BCUT2D eigenvalue weighted by Crippen LogP contribution is -2.35. The summed E-state index contributed by atoms with van der Waals surface area (Å²) in [4.78, 5) is 6.85. The summed E-state index contributed by atoms with van der Waals surface area (Å²) in [5.74, 6) is 0.431. The van der Waals surface area contributed by atoms with Crippen LogP contribution in [0.4, 0.5) is 10.1 Å². The van der Waals surface area contributed by atoms with Crippen molar-refractivity contribution < 1.29 is 9.13 Å². The standard InChI is InChI=1S/C17H21FN2O/c1-12-9-17(15-10-14(18)3-4-16(15)19-12)20-7-5-13(6-8-20)11-21-2/h3-4,9-10,13H,5-8,11H2,1-2H3. The van der Waals surface area contributed by atoms with Crippen LogP contribution in [0.3, 0.4) is 0 Å². The first-order chi connectivity index (χ1) is 10.2. The van der Waals surface area contributed by atoms with Gasteiger partial charge in [0.15, 0.2) is 0 Å². The number of ether oxygens (including phenoxy) is 1. The summed E-state index contributed by atoms with van der Waals surface area (Å²) in [6.07, 6.45) is 2.23. The minimum atomic E-state index is -0.205. The van der Waals surface area contributed by atoms with E-state index < -0.39 is 0 Å². The van der Waals surface area contributed by atoms with Crippen molar-refractivity contribution in [3.8, 4) is 0 Å². The van der Waals surface area contributed by atoms with Crippen LogP contribution in [0.15, 0.2) is 24.3 Å². The Morgan fingerprint density at radius 1 is 1.29 bits per heavy atom. The van der Waals surface area contributed by atoms with Crippen molar-refractivity contribution in [2.75, 3.05) is 31.7 Å². The van der Waals surface area contributed by atoms with Crippen LogP contribution in [0.5, 0.6) is 0 Å². The fourth-order valence-electron chi connectivity index (χ4n) is 3.15. The van der Waals surface area contributed by atoms with Gasteiger partial charge in [-0.1, -0.05) is 0 Å². The monoisotopic (exact) mass is 288 g/mol. The van der Waals surface area contributed by atoms with E-state index in [4.69, 9.17) is 4.74 Å². The molecule has 1 aliphatic heterocycles. The van der Waals surface area contributed by atoms with Crippen molar-refractivity contribution >= 4 is 16.6 Å². The van der Waals surface area contributed by atoms with E-state index in [9.17, 15) is 4.39 Å². The van der Waals surface area contributed by atoms with Crippen LogP contribution in [0.2, 0.25) is 0 Å². The van der Waals surface area contributed by atoms with Gasteiger partial charge in [-0.25, -0.2) is 4.39 Å². The molecule has 0 unspecified atom stereocenters. The molecule has 2 heterocycles. The molecule has 1 fully saturated rings. The van der Waals surface area contributed by atoms with E-state index in [0.29, 0.717) is 5.92 Å². The van der Waals surface area contributed by atoms with Gasteiger partial charge in [0, 0.05) is 43.6 Å². The van der Waals surface area contributed by atoms with Crippen LogP contribution in [0.25, 0.3) is 10.9 Å². The Morgan fingerprint density at radius 3 is 2.76 bits per heavy atom. The second kappa shape index (κ2) is 5.98. The SMILES string of the molecule is COCC1CCN(c2cc(C)nc3ccc(F)cc23)CC1. The zero-order valence-electron chi connectivity index (χ0n) is 12.6. The molecule has 0 aliphatic carbocycles. The molecule has 0 bridgehead atoms. The van der Waals surface area contributed by atoms with Crippen molar-refractivity contribution in [1.82, 2.24) is 4.98 Å². The number of aryl methyl sites for hydroxylation is 1. The highest BCUT2D eigenvalue weighted by molar-refractivity contribution is 5.92. The lowest BCUT2D eigenvalue weighted by Gasteiger charge is -2.34. The van der Waals surface area contributed by atoms with Crippen molar-refractivity contribution in [3.05, 3.63) is 35.8 Å². The van der Waals surface area contributed by atoms with E-state index in [-0.39, 0.29) is 5.82 Å². The Bertz CT molecular complexity index is 636. The molecule has 112 valence electrons. The summed E-state index contributed by atoms with van der Waals surface area (Å²) in [6, 6.07) is 6.90. The fourth-order valence-corrected chi connectivity index (χ4v) is 3.15. The summed E-state index contributed by atoms with van der Waals surface area (Å²) in [6.45, 7) is 4.80. The zero-order valence-corrected chi connectivity index (χ0v) is 12.6. The number of hydrogen-bond acceptors (Lipinski definition) is 3. The van der Waals surface area contributed by atoms with Crippen LogP contribution in [0, 0.1) is 18.7 Å². The molecule has 3 rings (SSSR count). The second-order valence-electron chi connectivity index (χ2n) is 5.83. The Kier molecular flexibility index (Phi) is 4.06. The first-order valence-corrected chi connectivity index (χ1v) is 7.48. The predicted molar refractivity (Wildman–Crippen MR) is 83.3 cm³/mol. The third-order valence-electron chi connectivity index (χ3n) is 4.23. The zero-order chi connectivity index (χ0) is 14.8. The third kappa shape index (κ3) is 3.00. The molecule has 1 aromatic heterocycles. The van der Waals surface area contributed by atoms with Crippen molar-refractivity contribution in [2.24, 2.45) is 5.92 Å². The number of aromatic nitrogens is 1. The van der Waals surface area contributed by atoms with Gasteiger partial charge in [0.1, 0.15) is 5.82 Å². The van der Waals surface area contributed by atoms with Gasteiger partial charge in [-0.05, 0) is 49.9 Å². The molecular weight excluding hydrogens is 267 g/mol. The Morgan fingerprint density at radius 2 is 2.05 bits per heavy atom.